The van der Waals surface area contributed by atoms with Crippen LogP contribution in [0.2, 0.25) is 0 Å². The third-order valence-corrected chi connectivity index (χ3v) is 4.29. The Labute approximate surface area is 95.8 Å². The lowest BCUT2D eigenvalue weighted by Crippen LogP contribution is -2.46. The van der Waals surface area contributed by atoms with E-state index in [9.17, 15) is 13.2 Å². The first-order valence-electron chi connectivity index (χ1n) is 5.34. The third kappa shape index (κ3) is 3.43. The van der Waals surface area contributed by atoms with Crippen LogP contribution in [0.4, 0.5) is 0 Å². The summed E-state index contributed by atoms with van der Waals surface area (Å²) < 4.78 is 27.4. The Morgan fingerprint density at radius 2 is 2.19 bits per heavy atom. The van der Waals surface area contributed by atoms with Gasteiger partial charge in [0.25, 0.3) is 10.2 Å². The first-order chi connectivity index (χ1) is 7.33. The topological polar surface area (TPSA) is 86.7 Å². The van der Waals surface area contributed by atoms with Gasteiger partial charge in [-0.2, -0.15) is 17.4 Å². The number of hydrogen-bond donors (Lipinski definition) is 2. The lowest BCUT2D eigenvalue weighted by atomic mass is 10.2. The fourth-order valence-corrected chi connectivity index (χ4v) is 3.57. The van der Waals surface area contributed by atoms with Crippen molar-refractivity contribution in [3.05, 3.63) is 0 Å². The van der Waals surface area contributed by atoms with Gasteiger partial charge < -0.3 is 5.11 Å². The van der Waals surface area contributed by atoms with Crippen LogP contribution in [0.1, 0.15) is 33.1 Å². The molecule has 2 N–H and O–H groups in total. The van der Waals surface area contributed by atoms with Crippen LogP contribution in [0.5, 0.6) is 0 Å². The molecule has 1 fully saturated rings. The summed E-state index contributed by atoms with van der Waals surface area (Å²) in [7, 11) is -3.53. The summed E-state index contributed by atoms with van der Waals surface area (Å²) in [5.41, 5.74) is 0. The second-order valence-electron chi connectivity index (χ2n) is 4.28. The van der Waals surface area contributed by atoms with Crippen molar-refractivity contribution in [2.24, 2.45) is 0 Å². The molecular formula is C9H18N2O4S. The second kappa shape index (κ2) is 5.11. The predicted molar refractivity (Wildman–Crippen MR) is 59.2 cm³/mol. The Morgan fingerprint density at radius 3 is 2.69 bits per heavy atom. The highest BCUT2D eigenvalue weighted by Gasteiger charge is 2.35. The lowest BCUT2D eigenvalue weighted by molar-refractivity contribution is -0.137. The Balaban J connectivity index is 2.74. The Morgan fingerprint density at radius 1 is 1.56 bits per heavy atom. The number of carbonyl (C=O) groups is 1. The van der Waals surface area contributed by atoms with Gasteiger partial charge in [-0.05, 0) is 26.7 Å². The Bertz CT molecular complexity index is 353. The molecule has 1 heterocycles. The molecule has 0 amide bonds. The van der Waals surface area contributed by atoms with Gasteiger partial charge in [-0.15, -0.1) is 0 Å². The maximum Gasteiger partial charge on any atom is 0.304 e. The van der Waals surface area contributed by atoms with Crippen LogP contribution in [0, 0.1) is 0 Å². The van der Waals surface area contributed by atoms with Crippen LogP contribution in [-0.2, 0) is 15.0 Å². The molecule has 94 valence electrons. The summed E-state index contributed by atoms with van der Waals surface area (Å²) in [6.45, 7) is 3.87. The smallest absolute Gasteiger partial charge is 0.304 e. The highest BCUT2D eigenvalue weighted by molar-refractivity contribution is 7.87. The fraction of sp³-hybridized carbons (Fsp3) is 0.889. The van der Waals surface area contributed by atoms with Crippen LogP contribution >= 0.6 is 0 Å². The zero-order chi connectivity index (χ0) is 12.3. The highest BCUT2D eigenvalue weighted by atomic mass is 32.2. The molecule has 6 nitrogen and oxygen atoms in total. The molecule has 1 aliphatic heterocycles. The molecule has 0 radical (unpaired) electrons. The van der Waals surface area contributed by atoms with Crippen molar-refractivity contribution in [1.82, 2.24) is 9.03 Å². The van der Waals surface area contributed by atoms with Gasteiger partial charge in [0.1, 0.15) is 0 Å². The van der Waals surface area contributed by atoms with E-state index in [2.05, 4.69) is 4.72 Å². The minimum Gasteiger partial charge on any atom is -0.481 e. The van der Waals surface area contributed by atoms with Gasteiger partial charge in [-0.3, -0.25) is 4.79 Å². The van der Waals surface area contributed by atoms with Crippen molar-refractivity contribution in [2.75, 3.05) is 6.54 Å². The number of carboxylic acids is 1. The van der Waals surface area contributed by atoms with Gasteiger partial charge in [0.15, 0.2) is 0 Å². The van der Waals surface area contributed by atoms with Gasteiger partial charge >= 0.3 is 5.97 Å². The zero-order valence-electron chi connectivity index (χ0n) is 9.51. The van der Waals surface area contributed by atoms with E-state index in [0.717, 1.165) is 6.42 Å². The van der Waals surface area contributed by atoms with Crippen molar-refractivity contribution < 1.29 is 18.3 Å². The van der Waals surface area contributed by atoms with Crippen molar-refractivity contribution in [3.8, 4) is 0 Å². The minimum atomic E-state index is -3.53. The van der Waals surface area contributed by atoms with E-state index in [4.69, 9.17) is 5.11 Å². The molecule has 0 bridgehead atoms. The van der Waals surface area contributed by atoms with E-state index in [1.807, 2.05) is 0 Å². The average Bonchev–Trinajstić information content (AvgIpc) is 2.48. The Kier molecular flexibility index (Phi) is 4.28. The van der Waals surface area contributed by atoms with E-state index in [1.54, 1.807) is 13.8 Å². The molecule has 0 saturated carbocycles. The van der Waals surface area contributed by atoms with Crippen LogP contribution in [0.25, 0.3) is 0 Å². The molecule has 1 unspecified atom stereocenters. The molecule has 7 heteroatoms. The van der Waals surface area contributed by atoms with E-state index < -0.39 is 22.2 Å². The van der Waals surface area contributed by atoms with Crippen LogP contribution in [0.15, 0.2) is 0 Å². The molecule has 1 atom stereocenters. The van der Waals surface area contributed by atoms with Gasteiger partial charge in [0.05, 0.1) is 6.42 Å². The molecule has 16 heavy (non-hydrogen) atoms. The third-order valence-electron chi connectivity index (χ3n) is 2.43. The molecule has 1 rings (SSSR count). The second-order valence-corrected chi connectivity index (χ2v) is 5.94. The fourth-order valence-electron chi connectivity index (χ4n) is 1.90. The number of hydrogen-bond acceptors (Lipinski definition) is 3. The Hall–Kier alpha value is -0.660. The molecule has 0 aromatic heterocycles. The van der Waals surface area contributed by atoms with Crippen molar-refractivity contribution >= 4 is 16.2 Å². The van der Waals surface area contributed by atoms with Crippen molar-refractivity contribution in [3.63, 3.8) is 0 Å². The SMILES string of the molecule is CC(C)NS(=O)(=O)N1CCCC1CC(=O)O. The predicted octanol–water partition coefficient (Wildman–Crippen LogP) is 0.168. The van der Waals surface area contributed by atoms with Gasteiger partial charge in [0.2, 0.25) is 0 Å². The van der Waals surface area contributed by atoms with Crippen molar-refractivity contribution in [1.29, 1.82) is 0 Å². The van der Waals surface area contributed by atoms with Crippen LogP contribution in [0.3, 0.4) is 0 Å². The molecule has 0 aromatic carbocycles. The highest BCUT2D eigenvalue weighted by Crippen LogP contribution is 2.22. The standard InChI is InChI=1S/C9H18N2O4S/c1-7(2)10-16(14,15)11-5-3-4-8(11)6-9(12)13/h7-8,10H,3-6H2,1-2H3,(H,12,13). The molecule has 1 saturated heterocycles. The van der Waals surface area contributed by atoms with Gasteiger partial charge in [-0.25, -0.2) is 0 Å². The molecule has 0 aliphatic carbocycles. The normalized spacial score (nSPS) is 22.8. The number of nitrogens with zero attached hydrogens (tertiary/aromatic N) is 1. The monoisotopic (exact) mass is 250 g/mol. The van der Waals surface area contributed by atoms with Crippen molar-refractivity contribution in [2.45, 2.75) is 45.2 Å². The zero-order valence-corrected chi connectivity index (χ0v) is 10.3. The maximum atomic E-state index is 11.9. The summed E-state index contributed by atoms with van der Waals surface area (Å²) in [5, 5.41) is 8.70. The summed E-state index contributed by atoms with van der Waals surface area (Å²) in [5.74, 6) is -0.961. The summed E-state index contributed by atoms with van der Waals surface area (Å²) >= 11 is 0. The van der Waals surface area contributed by atoms with E-state index in [-0.39, 0.29) is 12.5 Å². The molecular weight excluding hydrogens is 232 g/mol. The summed E-state index contributed by atoms with van der Waals surface area (Å²) in [6.07, 6.45) is 1.21. The molecule has 0 aromatic rings. The quantitative estimate of drug-likeness (QED) is 0.728. The number of nitrogens with one attached hydrogen (secondary N) is 1. The van der Waals surface area contributed by atoms with Gasteiger partial charge in [0, 0.05) is 18.6 Å². The van der Waals surface area contributed by atoms with Crippen LogP contribution < -0.4 is 4.72 Å². The maximum absolute atomic E-state index is 11.9. The van der Waals surface area contributed by atoms with Crippen LogP contribution in [-0.4, -0.2) is 42.4 Å². The minimum absolute atomic E-state index is 0.126. The van der Waals surface area contributed by atoms with Gasteiger partial charge in [-0.1, -0.05) is 0 Å². The molecule has 1 aliphatic rings. The number of rotatable bonds is 5. The molecule has 0 spiro atoms. The largest absolute Gasteiger partial charge is 0.481 e. The van der Waals surface area contributed by atoms with E-state index in [1.165, 1.54) is 4.31 Å². The summed E-state index contributed by atoms with van der Waals surface area (Å²) in [4.78, 5) is 10.6. The average molecular weight is 250 g/mol. The number of carboxylic acid groups (broad SMARTS) is 1. The summed E-state index contributed by atoms with van der Waals surface area (Å²) in [6, 6.07) is -0.593. The lowest BCUT2D eigenvalue weighted by Gasteiger charge is -2.24. The number of aliphatic carboxylic acids is 1. The first kappa shape index (κ1) is 13.4. The van der Waals surface area contributed by atoms with E-state index in [0.29, 0.717) is 13.0 Å². The first-order valence-corrected chi connectivity index (χ1v) is 6.78. The van der Waals surface area contributed by atoms with E-state index >= 15 is 0 Å².